The molecule has 0 aliphatic heterocycles. The van der Waals surface area contributed by atoms with E-state index < -0.39 is 0 Å². The smallest absolute Gasteiger partial charge is 0.226 e. The van der Waals surface area contributed by atoms with Crippen molar-refractivity contribution in [1.82, 2.24) is 9.97 Å². The van der Waals surface area contributed by atoms with Gasteiger partial charge in [-0.05, 0) is 38.7 Å². The fourth-order valence-electron chi connectivity index (χ4n) is 2.32. The van der Waals surface area contributed by atoms with Crippen molar-refractivity contribution in [2.75, 3.05) is 25.2 Å². The van der Waals surface area contributed by atoms with Gasteiger partial charge in [0.05, 0.1) is 18.2 Å². The van der Waals surface area contributed by atoms with Crippen molar-refractivity contribution < 1.29 is 4.74 Å². The second kappa shape index (κ2) is 6.53. The van der Waals surface area contributed by atoms with Crippen LogP contribution in [-0.2, 0) is 10.6 Å². The third-order valence-electron chi connectivity index (χ3n) is 3.62. The van der Waals surface area contributed by atoms with Gasteiger partial charge < -0.3 is 9.64 Å². The summed E-state index contributed by atoms with van der Waals surface area (Å²) in [6.07, 6.45) is 2.61. The Morgan fingerprint density at radius 3 is 2.79 bits per heavy atom. The van der Waals surface area contributed by atoms with Crippen LogP contribution in [0.3, 0.4) is 0 Å². The zero-order valence-electron chi connectivity index (χ0n) is 11.9. The lowest BCUT2D eigenvalue weighted by molar-refractivity contribution is 0.202. The molecule has 1 unspecified atom stereocenters. The maximum absolute atomic E-state index is 5.90. The highest BCUT2D eigenvalue weighted by molar-refractivity contribution is 6.16. The molecule has 0 aromatic carbocycles. The Balaban J connectivity index is 2.22. The summed E-state index contributed by atoms with van der Waals surface area (Å²) in [5, 5.41) is 0. The van der Waals surface area contributed by atoms with Gasteiger partial charge in [0.1, 0.15) is 0 Å². The van der Waals surface area contributed by atoms with E-state index >= 15 is 0 Å². The number of anilines is 1. The molecule has 2 rings (SSSR count). The molecule has 0 N–H and O–H groups in total. The maximum Gasteiger partial charge on any atom is 0.226 e. The predicted molar refractivity (Wildman–Crippen MR) is 77.7 cm³/mol. The average molecular weight is 284 g/mol. The highest BCUT2D eigenvalue weighted by Crippen LogP contribution is 2.36. The normalized spacial score (nSPS) is 16.4. The molecule has 0 bridgehead atoms. The molecular formula is C14H22ClN3O. The SMILES string of the molecule is COCCN(c1nc(C)cc(CCl)n1)C(C)C1CC1. The zero-order valence-corrected chi connectivity index (χ0v) is 12.7. The van der Waals surface area contributed by atoms with Gasteiger partial charge in [0.25, 0.3) is 0 Å². The molecule has 0 radical (unpaired) electrons. The fourth-order valence-corrected chi connectivity index (χ4v) is 2.46. The molecule has 1 aliphatic rings. The van der Waals surface area contributed by atoms with Crippen LogP contribution >= 0.6 is 11.6 Å². The summed E-state index contributed by atoms with van der Waals surface area (Å²) in [5.41, 5.74) is 1.85. The van der Waals surface area contributed by atoms with Gasteiger partial charge in [-0.25, -0.2) is 9.97 Å². The molecule has 0 spiro atoms. The second-order valence-electron chi connectivity index (χ2n) is 5.20. The monoisotopic (exact) mass is 283 g/mol. The lowest BCUT2D eigenvalue weighted by Gasteiger charge is -2.29. The third-order valence-corrected chi connectivity index (χ3v) is 3.90. The van der Waals surface area contributed by atoms with Gasteiger partial charge in [0, 0.05) is 25.4 Å². The number of aromatic nitrogens is 2. The van der Waals surface area contributed by atoms with E-state index in [0.29, 0.717) is 18.5 Å². The molecular weight excluding hydrogens is 262 g/mol. The van der Waals surface area contributed by atoms with Gasteiger partial charge in [-0.3, -0.25) is 0 Å². The summed E-state index contributed by atoms with van der Waals surface area (Å²) < 4.78 is 5.21. The molecule has 19 heavy (non-hydrogen) atoms. The van der Waals surface area contributed by atoms with Crippen molar-refractivity contribution >= 4 is 17.5 Å². The highest BCUT2D eigenvalue weighted by Gasteiger charge is 2.33. The van der Waals surface area contributed by atoms with E-state index in [1.165, 1.54) is 12.8 Å². The average Bonchev–Trinajstić information content (AvgIpc) is 3.22. The number of hydrogen-bond donors (Lipinski definition) is 0. The maximum atomic E-state index is 5.90. The van der Waals surface area contributed by atoms with E-state index in [-0.39, 0.29) is 0 Å². The van der Waals surface area contributed by atoms with E-state index in [0.717, 1.165) is 29.8 Å². The molecule has 1 aromatic heterocycles. The van der Waals surface area contributed by atoms with Crippen LogP contribution in [0.5, 0.6) is 0 Å². The highest BCUT2D eigenvalue weighted by atomic mass is 35.5. The molecule has 1 aromatic rings. The number of rotatable bonds is 7. The van der Waals surface area contributed by atoms with Gasteiger partial charge in [-0.1, -0.05) is 0 Å². The minimum Gasteiger partial charge on any atom is -0.383 e. The Hall–Kier alpha value is -0.870. The van der Waals surface area contributed by atoms with Crippen LogP contribution < -0.4 is 4.90 Å². The summed E-state index contributed by atoms with van der Waals surface area (Å²) >= 11 is 5.90. The van der Waals surface area contributed by atoms with Crippen molar-refractivity contribution in [3.05, 3.63) is 17.5 Å². The standard InChI is InChI=1S/C14H22ClN3O/c1-10-8-13(9-15)17-14(16-10)18(6-7-19-3)11(2)12-4-5-12/h8,11-12H,4-7,9H2,1-3H3. The van der Waals surface area contributed by atoms with Crippen molar-refractivity contribution in [1.29, 1.82) is 0 Å². The third kappa shape index (κ3) is 3.80. The van der Waals surface area contributed by atoms with Crippen LogP contribution in [0.1, 0.15) is 31.2 Å². The van der Waals surface area contributed by atoms with E-state index in [1.54, 1.807) is 7.11 Å². The molecule has 1 heterocycles. The van der Waals surface area contributed by atoms with Gasteiger partial charge in [0.2, 0.25) is 5.95 Å². The molecule has 106 valence electrons. The van der Waals surface area contributed by atoms with Gasteiger partial charge in [-0.15, -0.1) is 11.6 Å². The van der Waals surface area contributed by atoms with Crippen molar-refractivity contribution in [3.8, 4) is 0 Å². The molecule has 1 aliphatic carbocycles. The number of methoxy groups -OCH3 is 1. The number of alkyl halides is 1. The minimum atomic E-state index is 0.423. The van der Waals surface area contributed by atoms with E-state index in [2.05, 4.69) is 21.8 Å². The summed E-state index contributed by atoms with van der Waals surface area (Å²) in [6, 6.07) is 2.40. The first kappa shape index (κ1) is 14.5. The lowest BCUT2D eigenvalue weighted by atomic mass is 10.2. The molecule has 0 saturated heterocycles. The Morgan fingerprint density at radius 1 is 1.47 bits per heavy atom. The molecule has 1 atom stereocenters. The first-order chi connectivity index (χ1) is 9.15. The number of halogens is 1. The zero-order chi connectivity index (χ0) is 13.8. The van der Waals surface area contributed by atoms with E-state index in [4.69, 9.17) is 16.3 Å². The lowest BCUT2D eigenvalue weighted by Crippen LogP contribution is -2.38. The topological polar surface area (TPSA) is 38.2 Å². The Labute approximate surface area is 120 Å². The van der Waals surface area contributed by atoms with E-state index in [9.17, 15) is 0 Å². The number of nitrogens with zero attached hydrogens (tertiary/aromatic N) is 3. The predicted octanol–water partition coefficient (Wildman–Crippen LogP) is 2.78. The van der Waals surface area contributed by atoms with Gasteiger partial charge in [0.15, 0.2) is 0 Å². The number of aryl methyl sites for hydroxylation is 1. The summed E-state index contributed by atoms with van der Waals surface area (Å²) in [6.45, 7) is 5.74. The van der Waals surface area contributed by atoms with Gasteiger partial charge in [-0.2, -0.15) is 0 Å². The summed E-state index contributed by atoms with van der Waals surface area (Å²) in [4.78, 5) is 11.4. The largest absolute Gasteiger partial charge is 0.383 e. The number of ether oxygens (including phenoxy) is 1. The Bertz CT molecular complexity index is 423. The van der Waals surface area contributed by atoms with Crippen LogP contribution in [-0.4, -0.2) is 36.3 Å². The van der Waals surface area contributed by atoms with Crippen LogP contribution in [0.15, 0.2) is 6.07 Å². The van der Waals surface area contributed by atoms with Crippen LogP contribution in [0, 0.1) is 12.8 Å². The molecule has 1 saturated carbocycles. The fraction of sp³-hybridized carbons (Fsp3) is 0.714. The first-order valence-corrected chi connectivity index (χ1v) is 7.35. The molecule has 4 nitrogen and oxygen atoms in total. The summed E-state index contributed by atoms with van der Waals surface area (Å²) in [5.74, 6) is 1.97. The Kier molecular flexibility index (Phi) is 4.99. The minimum absolute atomic E-state index is 0.423. The van der Waals surface area contributed by atoms with Crippen LogP contribution in [0.25, 0.3) is 0 Å². The van der Waals surface area contributed by atoms with Crippen molar-refractivity contribution in [2.24, 2.45) is 5.92 Å². The first-order valence-electron chi connectivity index (χ1n) is 6.81. The van der Waals surface area contributed by atoms with E-state index in [1.807, 2.05) is 13.0 Å². The summed E-state index contributed by atoms with van der Waals surface area (Å²) in [7, 11) is 1.72. The number of hydrogen-bond acceptors (Lipinski definition) is 4. The Morgan fingerprint density at radius 2 is 2.21 bits per heavy atom. The molecule has 0 amide bonds. The second-order valence-corrected chi connectivity index (χ2v) is 5.47. The quantitative estimate of drug-likeness (QED) is 0.721. The molecule has 5 heteroatoms. The van der Waals surface area contributed by atoms with Crippen molar-refractivity contribution in [2.45, 2.75) is 38.6 Å². The van der Waals surface area contributed by atoms with Crippen LogP contribution in [0.2, 0.25) is 0 Å². The van der Waals surface area contributed by atoms with Crippen molar-refractivity contribution in [3.63, 3.8) is 0 Å². The van der Waals surface area contributed by atoms with Crippen LogP contribution in [0.4, 0.5) is 5.95 Å². The van der Waals surface area contributed by atoms with Gasteiger partial charge >= 0.3 is 0 Å². The molecule has 1 fully saturated rings.